The summed E-state index contributed by atoms with van der Waals surface area (Å²) in [5.74, 6) is 0.763. The lowest BCUT2D eigenvalue weighted by Crippen LogP contribution is -2.16. The third kappa shape index (κ3) is 5.14. The van der Waals surface area contributed by atoms with E-state index in [1.165, 1.54) is 0 Å². The Morgan fingerprint density at radius 2 is 2.00 bits per heavy atom. The monoisotopic (exact) mass is 529 g/mol. The van der Waals surface area contributed by atoms with Gasteiger partial charge in [0.2, 0.25) is 5.95 Å². The Morgan fingerprint density at radius 1 is 1.27 bits per heavy atom. The van der Waals surface area contributed by atoms with E-state index in [1.54, 1.807) is 18.3 Å². The summed E-state index contributed by atoms with van der Waals surface area (Å²) in [4.78, 5) is 19.2. The average molecular weight is 531 g/mol. The highest BCUT2D eigenvalue weighted by molar-refractivity contribution is 9.11. The lowest BCUT2D eigenvalue weighted by Gasteiger charge is -2.14. The lowest BCUT2D eigenvalue weighted by atomic mass is 10.1. The molecule has 2 aromatic carbocycles. The van der Waals surface area contributed by atoms with Gasteiger partial charge in [-0.2, -0.15) is 10.4 Å². The standard InChI is InChI=1S/C21H17Br2N5O2/c1-12(2)30-19-14(8-15(22)9-17(19)23)11-25-28-21-26-18(13-6-4-3-5-7-13)16(10-24)20(29)27-21/h3-9,11-12H,1-2H3,(H2,26,27,28,29). The lowest BCUT2D eigenvalue weighted by molar-refractivity contribution is 0.240. The van der Waals surface area contributed by atoms with Crippen LogP contribution in [0.3, 0.4) is 0 Å². The van der Waals surface area contributed by atoms with Crippen molar-refractivity contribution in [2.45, 2.75) is 20.0 Å². The first-order valence-corrected chi connectivity index (χ1v) is 10.5. The van der Waals surface area contributed by atoms with Crippen LogP contribution in [0, 0.1) is 11.3 Å². The van der Waals surface area contributed by atoms with Gasteiger partial charge in [-0.3, -0.25) is 9.78 Å². The summed E-state index contributed by atoms with van der Waals surface area (Å²) < 4.78 is 7.50. The third-order valence-electron chi connectivity index (χ3n) is 3.84. The second kappa shape index (κ2) is 9.69. The molecular weight excluding hydrogens is 514 g/mol. The van der Waals surface area contributed by atoms with Gasteiger partial charge in [-0.1, -0.05) is 46.3 Å². The molecule has 0 saturated heterocycles. The van der Waals surface area contributed by atoms with E-state index in [1.807, 2.05) is 50.2 Å². The number of nitrogens with zero attached hydrogens (tertiary/aromatic N) is 3. The van der Waals surface area contributed by atoms with Crippen molar-refractivity contribution in [3.63, 3.8) is 0 Å². The predicted octanol–water partition coefficient (Wildman–Crippen LogP) is 5.07. The second-order valence-corrected chi connectivity index (χ2v) is 8.23. The van der Waals surface area contributed by atoms with Crippen molar-refractivity contribution in [3.05, 3.63) is 72.9 Å². The third-order valence-corrected chi connectivity index (χ3v) is 4.89. The molecule has 0 saturated carbocycles. The van der Waals surface area contributed by atoms with Crippen LogP contribution in [-0.2, 0) is 0 Å². The van der Waals surface area contributed by atoms with Crippen molar-refractivity contribution in [3.8, 4) is 23.1 Å². The molecule has 0 radical (unpaired) electrons. The van der Waals surface area contributed by atoms with Gasteiger partial charge >= 0.3 is 0 Å². The summed E-state index contributed by atoms with van der Waals surface area (Å²) in [6, 6.07) is 14.7. The van der Waals surface area contributed by atoms with Crippen molar-refractivity contribution >= 4 is 44.0 Å². The maximum atomic E-state index is 12.3. The number of benzene rings is 2. The molecule has 1 heterocycles. The number of rotatable bonds is 6. The molecule has 0 amide bonds. The van der Waals surface area contributed by atoms with Gasteiger partial charge in [0.1, 0.15) is 17.4 Å². The highest BCUT2D eigenvalue weighted by Crippen LogP contribution is 2.32. The Bertz CT molecular complexity index is 1180. The average Bonchev–Trinajstić information content (AvgIpc) is 2.70. The Balaban J connectivity index is 1.94. The van der Waals surface area contributed by atoms with E-state index < -0.39 is 5.56 Å². The summed E-state index contributed by atoms with van der Waals surface area (Å²) in [6.07, 6.45) is 1.54. The number of H-pyrrole nitrogens is 1. The molecule has 7 nitrogen and oxygen atoms in total. The van der Waals surface area contributed by atoms with Crippen molar-refractivity contribution in [2.24, 2.45) is 5.10 Å². The number of nitriles is 1. The highest BCUT2D eigenvalue weighted by Gasteiger charge is 2.13. The predicted molar refractivity (Wildman–Crippen MR) is 124 cm³/mol. The molecule has 30 heavy (non-hydrogen) atoms. The van der Waals surface area contributed by atoms with Crippen molar-refractivity contribution in [1.82, 2.24) is 9.97 Å². The molecule has 9 heteroatoms. The molecule has 0 aliphatic heterocycles. The number of hydrazone groups is 1. The minimum atomic E-state index is -0.543. The highest BCUT2D eigenvalue weighted by atomic mass is 79.9. The summed E-state index contributed by atoms with van der Waals surface area (Å²) >= 11 is 6.95. The first-order chi connectivity index (χ1) is 14.4. The van der Waals surface area contributed by atoms with Crippen LogP contribution in [0.15, 0.2) is 61.3 Å². The van der Waals surface area contributed by atoms with Gasteiger partial charge in [-0.15, -0.1) is 0 Å². The van der Waals surface area contributed by atoms with E-state index in [0.717, 1.165) is 14.5 Å². The minimum Gasteiger partial charge on any atom is -0.489 e. The maximum Gasteiger partial charge on any atom is 0.270 e. The normalized spacial score (nSPS) is 10.9. The Hall–Kier alpha value is -2.96. The van der Waals surface area contributed by atoms with Gasteiger partial charge < -0.3 is 4.74 Å². The molecule has 152 valence electrons. The van der Waals surface area contributed by atoms with Crippen LogP contribution >= 0.6 is 31.9 Å². The van der Waals surface area contributed by atoms with Crippen molar-refractivity contribution < 1.29 is 4.74 Å². The van der Waals surface area contributed by atoms with E-state index in [0.29, 0.717) is 11.3 Å². The summed E-state index contributed by atoms with van der Waals surface area (Å²) in [5, 5.41) is 13.5. The van der Waals surface area contributed by atoms with Crippen LogP contribution in [0.2, 0.25) is 0 Å². The SMILES string of the molecule is CC(C)Oc1c(Br)cc(Br)cc1C=NNc1nc(-c2ccccc2)c(C#N)c(=O)[nH]1. The molecule has 0 fully saturated rings. The second-order valence-electron chi connectivity index (χ2n) is 6.46. The van der Waals surface area contributed by atoms with E-state index in [-0.39, 0.29) is 23.3 Å². The Kier molecular flexibility index (Phi) is 7.03. The quantitative estimate of drug-likeness (QED) is 0.342. The molecular formula is C21H17Br2N5O2. The van der Waals surface area contributed by atoms with Crippen LogP contribution in [0.4, 0.5) is 5.95 Å². The van der Waals surface area contributed by atoms with Crippen molar-refractivity contribution in [1.29, 1.82) is 5.26 Å². The van der Waals surface area contributed by atoms with E-state index >= 15 is 0 Å². The van der Waals surface area contributed by atoms with E-state index in [9.17, 15) is 10.1 Å². The number of nitrogens with one attached hydrogen (secondary N) is 2. The van der Waals surface area contributed by atoms with E-state index in [4.69, 9.17) is 4.74 Å². The molecule has 0 aliphatic rings. The molecule has 0 atom stereocenters. The summed E-state index contributed by atoms with van der Waals surface area (Å²) in [5.41, 5.74) is 3.79. The summed E-state index contributed by atoms with van der Waals surface area (Å²) in [6.45, 7) is 3.87. The zero-order chi connectivity index (χ0) is 21.7. The van der Waals surface area contributed by atoms with Gasteiger partial charge in [0.25, 0.3) is 5.56 Å². The van der Waals surface area contributed by atoms with Gasteiger partial charge in [0.05, 0.1) is 22.5 Å². The topological polar surface area (TPSA) is 103 Å². The smallest absolute Gasteiger partial charge is 0.270 e. The fraction of sp³-hybridized carbons (Fsp3) is 0.143. The fourth-order valence-corrected chi connectivity index (χ4v) is 3.99. The number of hydrogen-bond acceptors (Lipinski definition) is 6. The Labute approximate surface area is 190 Å². The van der Waals surface area contributed by atoms with Gasteiger partial charge in [0, 0.05) is 15.6 Å². The van der Waals surface area contributed by atoms with Crippen LogP contribution in [0.5, 0.6) is 5.75 Å². The molecule has 3 aromatic rings. The molecule has 2 N–H and O–H groups in total. The number of aromatic nitrogens is 2. The zero-order valence-corrected chi connectivity index (χ0v) is 19.3. The number of aromatic amines is 1. The molecule has 0 bridgehead atoms. The minimum absolute atomic E-state index is 0.0208. The zero-order valence-electron chi connectivity index (χ0n) is 16.1. The van der Waals surface area contributed by atoms with Gasteiger partial charge in [-0.05, 0) is 41.9 Å². The molecule has 0 unspecified atom stereocenters. The maximum absolute atomic E-state index is 12.3. The van der Waals surface area contributed by atoms with Crippen molar-refractivity contribution in [2.75, 3.05) is 5.43 Å². The first kappa shape index (κ1) is 21.7. The van der Waals surface area contributed by atoms with Crippen LogP contribution in [0.1, 0.15) is 25.0 Å². The summed E-state index contributed by atoms with van der Waals surface area (Å²) in [7, 11) is 0. The number of ether oxygens (including phenoxy) is 1. The fourth-order valence-electron chi connectivity index (χ4n) is 2.63. The van der Waals surface area contributed by atoms with Crippen LogP contribution < -0.4 is 15.7 Å². The van der Waals surface area contributed by atoms with E-state index in [2.05, 4.69) is 52.4 Å². The van der Waals surface area contributed by atoms with Gasteiger partial charge in [-0.25, -0.2) is 10.4 Å². The largest absolute Gasteiger partial charge is 0.489 e. The molecule has 3 rings (SSSR count). The first-order valence-electron chi connectivity index (χ1n) is 8.93. The van der Waals surface area contributed by atoms with Crippen LogP contribution in [-0.4, -0.2) is 22.3 Å². The molecule has 1 aromatic heterocycles. The number of hydrogen-bond donors (Lipinski definition) is 2. The molecule has 0 spiro atoms. The van der Waals surface area contributed by atoms with Gasteiger partial charge in [0.15, 0.2) is 0 Å². The van der Waals surface area contributed by atoms with Crippen LogP contribution in [0.25, 0.3) is 11.3 Å². The number of halogens is 2. The number of anilines is 1. The Morgan fingerprint density at radius 3 is 2.67 bits per heavy atom. The molecule has 0 aliphatic carbocycles.